The van der Waals surface area contributed by atoms with Crippen molar-refractivity contribution in [3.8, 4) is 0 Å². The number of rotatable bonds is 5. The second-order valence-corrected chi connectivity index (χ2v) is 3.76. The van der Waals surface area contributed by atoms with Crippen LogP contribution in [-0.2, 0) is 4.74 Å². The van der Waals surface area contributed by atoms with E-state index in [1.165, 1.54) is 12.8 Å². The van der Waals surface area contributed by atoms with Gasteiger partial charge in [0.25, 0.3) is 0 Å². The summed E-state index contributed by atoms with van der Waals surface area (Å²) in [7, 11) is 0. The number of ether oxygens (including phenoxy) is 1. The Morgan fingerprint density at radius 3 is 2.54 bits per heavy atom. The molecule has 0 saturated heterocycles. The van der Waals surface area contributed by atoms with Crippen molar-refractivity contribution in [3.05, 3.63) is 0 Å². The first kappa shape index (κ1) is 10.5. The van der Waals surface area contributed by atoms with E-state index in [-0.39, 0.29) is 5.60 Å². The van der Waals surface area contributed by atoms with Gasteiger partial charge >= 0.3 is 0 Å². The molecule has 1 saturated carbocycles. The Kier molecular flexibility index (Phi) is 3.31. The highest BCUT2D eigenvalue weighted by Crippen LogP contribution is 2.25. The first-order valence-electron chi connectivity index (χ1n) is 5.10. The molecule has 3 nitrogen and oxygen atoms in total. The van der Waals surface area contributed by atoms with Crippen LogP contribution >= 0.6 is 0 Å². The molecular formula is C10H20N2O. The highest BCUT2D eigenvalue weighted by molar-refractivity contribution is 5.88. The largest absolute Gasteiger partial charge is 0.385 e. The summed E-state index contributed by atoms with van der Waals surface area (Å²) in [4.78, 5) is 4.42. The van der Waals surface area contributed by atoms with Crippen LogP contribution in [0.2, 0.25) is 0 Å². The summed E-state index contributed by atoms with van der Waals surface area (Å²) in [6, 6.07) is 0.478. The molecule has 0 heterocycles. The molecule has 0 amide bonds. The van der Waals surface area contributed by atoms with Gasteiger partial charge < -0.3 is 10.5 Å². The third-order valence-electron chi connectivity index (χ3n) is 2.55. The lowest BCUT2D eigenvalue weighted by atomic mass is 10.0. The topological polar surface area (TPSA) is 47.6 Å². The number of aliphatic imine (C=N–C) groups is 1. The van der Waals surface area contributed by atoms with Gasteiger partial charge in [0.2, 0.25) is 0 Å². The molecule has 0 aromatic rings. The van der Waals surface area contributed by atoms with Gasteiger partial charge in [-0.05, 0) is 33.1 Å². The van der Waals surface area contributed by atoms with Crippen molar-refractivity contribution in [3.63, 3.8) is 0 Å². The van der Waals surface area contributed by atoms with Crippen molar-refractivity contribution in [1.29, 1.82) is 0 Å². The van der Waals surface area contributed by atoms with Crippen LogP contribution in [0.4, 0.5) is 0 Å². The predicted molar refractivity (Wildman–Crippen MR) is 55.0 cm³/mol. The van der Waals surface area contributed by atoms with Crippen molar-refractivity contribution in [2.24, 2.45) is 10.7 Å². The summed E-state index contributed by atoms with van der Waals surface area (Å²) in [6.07, 6.45) is 3.25. The highest BCUT2D eigenvalue weighted by Gasteiger charge is 2.30. The lowest BCUT2D eigenvalue weighted by Gasteiger charge is -2.27. The second kappa shape index (κ2) is 4.09. The van der Waals surface area contributed by atoms with E-state index in [2.05, 4.69) is 11.9 Å². The Balaban J connectivity index is 2.61. The highest BCUT2D eigenvalue weighted by atomic mass is 16.5. The van der Waals surface area contributed by atoms with E-state index in [1.54, 1.807) is 0 Å². The summed E-state index contributed by atoms with van der Waals surface area (Å²) >= 11 is 0. The molecule has 0 aromatic carbocycles. The molecule has 1 rings (SSSR count). The Morgan fingerprint density at radius 2 is 2.15 bits per heavy atom. The smallest absolute Gasteiger partial charge is 0.126 e. The Hall–Kier alpha value is -0.570. The third-order valence-corrected chi connectivity index (χ3v) is 2.55. The molecule has 1 atom stereocenters. The molecule has 0 spiro atoms. The van der Waals surface area contributed by atoms with Gasteiger partial charge in [0.15, 0.2) is 0 Å². The van der Waals surface area contributed by atoms with Gasteiger partial charge in [0, 0.05) is 6.61 Å². The molecule has 0 aliphatic heterocycles. The zero-order valence-electron chi connectivity index (χ0n) is 8.84. The van der Waals surface area contributed by atoms with E-state index in [0.717, 1.165) is 6.42 Å². The molecule has 1 aliphatic rings. The summed E-state index contributed by atoms with van der Waals surface area (Å²) in [5, 5.41) is 0. The molecule has 76 valence electrons. The number of nitrogens with zero attached hydrogens (tertiary/aromatic N) is 1. The van der Waals surface area contributed by atoms with E-state index in [9.17, 15) is 0 Å². The fraction of sp³-hybridized carbons (Fsp3) is 0.900. The maximum atomic E-state index is 5.91. The van der Waals surface area contributed by atoms with E-state index in [0.29, 0.717) is 18.5 Å². The van der Waals surface area contributed by atoms with E-state index in [4.69, 9.17) is 10.5 Å². The maximum Gasteiger partial charge on any atom is 0.126 e. The normalized spacial score (nSPS) is 22.8. The van der Waals surface area contributed by atoms with Crippen LogP contribution in [0.15, 0.2) is 4.99 Å². The average molecular weight is 184 g/mol. The summed E-state index contributed by atoms with van der Waals surface area (Å²) in [6.45, 7) is 6.76. The Morgan fingerprint density at radius 1 is 1.54 bits per heavy atom. The molecule has 2 N–H and O–H groups in total. The fourth-order valence-corrected chi connectivity index (χ4v) is 1.21. The van der Waals surface area contributed by atoms with Crippen molar-refractivity contribution >= 4 is 5.84 Å². The molecule has 1 unspecified atom stereocenters. The van der Waals surface area contributed by atoms with Gasteiger partial charge in [-0.15, -0.1) is 0 Å². The summed E-state index contributed by atoms with van der Waals surface area (Å²) in [5.41, 5.74) is 5.56. The third kappa shape index (κ3) is 2.69. The van der Waals surface area contributed by atoms with E-state index < -0.39 is 0 Å². The van der Waals surface area contributed by atoms with Gasteiger partial charge in [0.1, 0.15) is 11.4 Å². The quantitative estimate of drug-likeness (QED) is 0.522. The number of hydrogen-bond donors (Lipinski definition) is 1. The molecule has 13 heavy (non-hydrogen) atoms. The number of nitrogens with two attached hydrogens (primary N) is 1. The Bertz CT molecular complexity index is 199. The minimum atomic E-state index is -0.350. The zero-order valence-corrected chi connectivity index (χ0v) is 8.84. The number of amidine groups is 1. The van der Waals surface area contributed by atoms with E-state index in [1.807, 2.05) is 13.8 Å². The van der Waals surface area contributed by atoms with Crippen LogP contribution in [0.5, 0.6) is 0 Å². The van der Waals surface area contributed by atoms with Crippen molar-refractivity contribution in [2.75, 3.05) is 6.61 Å². The monoisotopic (exact) mass is 184 g/mol. The lowest BCUT2D eigenvalue weighted by molar-refractivity contribution is 0.0257. The standard InChI is InChI=1S/C10H20N2O/c1-4-10(3,13-5-2)9(11)12-8-6-7-8/h8H,4-7H2,1-3H3,(H2,11,12). The molecular weight excluding hydrogens is 164 g/mol. The molecule has 1 fully saturated rings. The number of hydrogen-bond acceptors (Lipinski definition) is 2. The van der Waals surface area contributed by atoms with Gasteiger partial charge in [-0.3, -0.25) is 4.99 Å². The van der Waals surface area contributed by atoms with Crippen LogP contribution in [-0.4, -0.2) is 24.1 Å². The SMILES string of the molecule is CCOC(C)(CC)C(N)=NC1CC1. The maximum absolute atomic E-state index is 5.91. The van der Waals surface area contributed by atoms with Crippen LogP contribution in [0.1, 0.15) is 40.0 Å². The van der Waals surface area contributed by atoms with Crippen LogP contribution in [0.25, 0.3) is 0 Å². The predicted octanol–water partition coefficient (Wildman–Crippen LogP) is 1.71. The molecule has 0 aromatic heterocycles. The minimum absolute atomic E-state index is 0.350. The van der Waals surface area contributed by atoms with Crippen LogP contribution in [0.3, 0.4) is 0 Å². The first-order valence-corrected chi connectivity index (χ1v) is 5.10. The van der Waals surface area contributed by atoms with Gasteiger partial charge in [0.05, 0.1) is 6.04 Å². The molecule has 0 bridgehead atoms. The van der Waals surface area contributed by atoms with Gasteiger partial charge in [-0.1, -0.05) is 6.92 Å². The minimum Gasteiger partial charge on any atom is -0.385 e. The van der Waals surface area contributed by atoms with Crippen molar-refractivity contribution in [1.82, 2.24) is 0 Å². The molecule has 1 aliphatic carbocycles. The van der Waals surface area contributed by atoms with E-state index >= 15 is 0 Å². The second-order valence-electron chi connectivity index (χ2n) is 3.76. The van der Waals surface area contributed by atoms with Crippen LogP contribution < -0.4 is 5.73 Å². The Labute approximate surface area is 80.4 Å². The summed E-state index contributed by atoms with van der Waals surface area (Å²) in [5.74, 6) is 0.666. The zero-order chi connectivity index (χ0) is 9.90. The average Bonchev–Trinajstić information content (AvgIpc) is 2.88. The van der Waals surface area contributed by atoms with Crippen molar-refractivity contribution in [2.45, 2.75) is 51.7 Å². The fourth-order valence-electron chi connectivity index (χ4n) is 1.21. The van der Waals surface area contributed by atoms with Crippen molar-refractivity contribution < 1.29 is 4.74 Å². The first-order chi connectivity index (χ1) is 6.12. The molecule has 0 radical (unpaired) electrons. The lowest BCUT2D eigenvalue weighted by Crippen LogP contribution is -2.43. The van der Waals surface area contributed by atoms with Crippen LogP contribution in [0, 0.1) is 0 Å². The van der Waals surface area contributed by atoms with Gasteiger partial charge in [-0.25, -0.2) is 0 Å². The summed E-state index contributed by atoms with van der Waals surface area (Å²) < 4.78 is 5.61. The molecule has 3 heteroatoms. The van der Waals surface area contributed by atoms with Gasteiger partial charge in [-0.2, -0.15) is 0 Å².